The number of rotatable bonds is 5. The highest BCUT2D eigenvalue weighted by molar-refractivity contribution is 7.10. The third-order valence-corrected chi connectivity index (χ3v) is 6.60. The number of allylic oxidation sites excluding steroid dienone is 1. The van der Waals surface area contributed by atoms with Gasteiger partial charge in [-0.05, 0) is 47.6 Å². The van der Waals surface area contributed by atoms with E-state index in [1.54, 1.807) is 17.7 Å². The minimum absolute atomic E-state index is 0.0544. The Kier molecular flexibility index (Phi) is 5.11. The smallest absolute Gasteiger partial charge is 0.252 e. The number of aromatic nitrogens is 4. The number of hydrogen-bond donors (Lipinski definition) is 1. The van der Waals surface area contributed by atoms with Crippen molar-refractivity contribution in [3.05, 3.63) is 75.6 Å². The lowest BCUT2D eigenvalue weighted by molar-refractivity contribution is 0.0952. The summed E-state index contributed by atoms with van der Waals surface area (Å²) in [5.74, 6) is 0.861. The summed E-state index contributed by atoms with van der Waals surface area (Å²) in [7, 11) is 1.92. The molecule has 4 aromatic rings. The van der Waals surface area contributed by atoms with Crippen LogP contribution in [0, 0.1) is 0 Å². The van der Waals surface area contributed by atoms with Gasteiger partial charge >= 0.3 is 0 Å². The summed E-state index contributed by atoms with van der Waals surface area (Å²) < 4.78 is 1.89. The molecular weight excluding hydrogens is 406 g/mol. The Morgan fingerprint density at radius 3 is 2.90 bits per heavy atom. The Bertz CT molecular complexity index is 1290. The Hall–Kier alpha value is -3.32. The van der Waals surface area contributed by atoms with Gasteiger partial charge in [-0.1, -0.05) is 31.2 Å². The SMILES string of the molecule is CC(CNC(=O)c1c2c(nc3ccccc13)/C(=C\c1cccs1)CC2)c1nncn1C. The summed E-state index contributed by atoms with van der Waals surface area (Å²) in [5, 5.41) is 14.2. The van der Waals surface area contributed by atoms with E-state index in [1.807, 2.05) is 42.8 Å². The Balaban J connectivity index is 1.51. The fourth-order valence-corrected chi connectivity index (χ4v) is 4.93. The number of thiophene rings is 1. The molecule has 0 saturated heterocycles. The van der Waals surface area contributed by atoms with Crippen molar-refractivity contribution in [3.63, 3.8) is 0 Å². The van der Waals surface area contributed by atoms with Crippen LogP contribution in [-0.4, -0.2) is 32.2 Å². The van der Waals surface area contributed by atoms with Gasteiger partial charge in [0.25, 0.3) is 5.91 Å². The molecule has 0 fully saturated rings. The molecule has 0 aliphatic heterocycles. The molecule has 0 spiro atoms. The molecule has 1 amide bonds. The first-order valence-electron chi connectivity index (χ1n) is 10.4. The van der Waals surface area contributed by atoms with Crippen molar-refractivity contribution in [1.29, 1.82) is 0 Å². The molecule has 0 radical (unpaired) electrons. The lowest BCUT2D eigenvalue weighted by atomic mass is 10.00. The highest BCUT2D eigenvalue weighted by Gasteiger charge is 2.27. The zero-order valence-electron chi connectivity index (χ0n) is 17.5. The highest BCUT2D eigenvalue weighted by Crippen LogP contribution is 2.37. The number of fused-ring (bicyclic) bond motifs is 2. The fourth-order valence-electron chi connectivity index (χ4n) is 4.25. The van der Waals surface area contributed by atoms with Crippen LogP contribution >= 0.6 is 11.3 Å². The van der Waals surface area contributed by atoms with Gasteiger partial charge in [0.1, 0.15) is 12.2 Å². The first-order valence-corrected chi connectivity index (χ1v) is 11.3. The van der Waals surface area contributed by atoms with Gasteiger partial charge < -0.3 is 9.88 Å². The van der Waals surface area contributed by atoms with Crippen molar-refractivity contribution in [2.75, 3.05) is 6.54 Å². The molecule has 3 aromatic heterocycles. The normalized spacial score (nSPS) is 15.4. The summed E-state index contributed by atoms with van der Waals surface area (Å²) in [6, 6.07) is 12.1. The Labute approximate surface area is 184 Å². The summed E-state index contributed by atoms with van der Waals surface area (Å²) >= 11 is 1.71. The van der Waals surface area contributed by atoms with Crippen molar-refractivity contribution in [2.24, 2.45) is 7.05 Å². The minimum Gasteiger partial charge on any atom is -0.351 e. The Morgan fingerprint density at radius 2 is 2.13 bits per heavy atom. The molecule has 6 nitrogen and oxygen atoms in total. The molecule has 1 aromatic carbocycles. The first kappa shape index (κ1) is 19.6. The molecule has 7 heteroatoms. The van der Waals surface area contributed by atoms with Crippen LogP contribution in [0.3, 0.4) is 0 Å². The van der Waals surface area contributed by atoms with Crippen LogP contribution in [0.15, 0.2) is 48.1 Å². The molecule has 0 bridgehead atoms. The number of pyridine rings is 1. The van der Waals surface area contributed by atoms with E-state index in [9.17, 15) is 4.79 Å². The lowest BCUT2D eigenvalue weighted by Gasteiger charge is -2.15. The summed E-state index contributed by atoms with van der Waals surface area (Å²) in [6.07, 6.45) is 5.60. The Morgan fingerprint density at radius 1 is 1.26 bits per heavy atom. The third kappa shape index (κ3) is 3.65. The molecule has 1 atom stereocenters. The average molecular weight is 430 g/mol. The van der Waals surface area contributed by atoms with E-state index in [4.69, 9.17) is 4.98 Å². The number of nitrogens with one attached hydrogen (secondary N) is 1. The predicted octanol–water partition coefficient (Wildman–Crippen LogP) is 4.45. The van der Waals surface area contributed by atoms with E-state index in [0.717, 1.165) is 46.4 Å². The molecule has 1 aliphatic rings. The van der Waals surface area contributed by atoms with E-state index in [2.05, 4.69) is 39.1 Å². The maximum absolute atomic E-state index is 13.4. The van der Waals surface area contributed by atoms with Crippen molar-refractivity contribution >= 4 is 39.8 Å². The van der Waals surface area contributed by atoms with Gasteiger partial charge in [0.05, 0.1) is 16.8 Å². The third-order valence-electron chi connectivity index (χ3n) is 5.78. The van der Waals surface area contributed by atoms with Gasteiger partial charge in [0.15, 0.2) is 0 Å². The summed E-state index contributed by atoms with van der Waals surface area (Å²) in [5.41, 5.74) is 4.81. The number of benzene rings is 1. The number of carbonyl (C=O) groups excluding carboxylic acids is 1. The van der Waals surface area contributed by atoms with E-state index in [1.165, 1.54) is 10.5 Å². The molecule has 31 heavy (non-hydrogen) atoms. The second-order valence-electron chi connectivity index (χ2n) is 7.93. The van der Waals surface area contributed by atoms with E-state index >= 15 is 0 Å². The van der Waals surface area contributed by atoms with Gasteiger partial charge in [-0.2, -0.15) is 0 Å². The number of carbonyl (C=O) groups is 1. The molecule has 5 rings (SSSR count). The molecular formula is C24H23N5OS. The molecule has 0 saturated carbocycles. The summed E-state index contributed by atoms with van der Waals surface area (Å²) in [6.45, 7) is 2.54. The van der Waals surface area contributed by atoms with Crippen LogP contribution in [0.5, 0.6) is 0 Å². The van der Waals surface area contributed by atoms with Crippen molar-refractivity contribution in [2.45, 2.75) is 25.7 Å². The van der Waals surface area contributed by atoms with Gasteiger partial charge in [-0.15, -0.1) is 21.5 Å². The van der Waals surface area contributed by atoms with Crippen molar-refractivity contribution < 1.29 is 4.79 Å². The summed E-state index contributed by atoms with van der Waals surface area (Å²) in [4.78, 5) is 19.6. The zero-order valence-corrected chi connectivity index (χ0v) is 18.3. The van der Waals surface area contributed by atoms with Crippen molar-refractivity contribution in [1.82, 2.24) is 25.1 Å². The van der Waals surface area contributed by atoms with Crippen LogP contribution in [0.2, 0.25) is 0 Å². The van der Waals surface area contributed by atoms with Gasteiger partial charge in [-0.25, -0.2) is 4.98 Å². The predicted molar refractivity (Wildman–Crippen MR) is 124 cm³/mol. The molecule has 156 valence electrons. The molecule has 1 aliphatic carbocycles. The van der Waals surface area contributed by atoms with Crippen LogP contribution in [0.4, 0.5) is 0 Å². The molecule has 3 heterocycles. The number of amides is 1. The maximum atomic E-state index is 13.4. The van der Waals surface area contributed by atoms with E-state index in [-0.39, 0.29) is 11.8 Å². The average Bonchev–Trinajstić information content (AvgIpc) is 3.53. The number of hydrogen-bond acceptors (Lipinski definition) is 5. The van der Waals surface area contributed by atoms with E-state index in [0.29, 0.717) is 6.54 Å². The largest absolute Gasteiger partial charge is 0.351 e. The number of aryl methyl sites for hydroxylation is 1. The van der Waals surface area contributed by atoms with Crippen LogP contribution in [0.25, 0.3) is 22.6 Å². The van der Waals surface area contributed by atoms with Gasteiger partial charge in [-0.3, -0.25) is 4.79 Å². The van der Waals surface area contributed by atoms with Crippen molar-refractivity contribution in [3.8, 4) is 0 Å². The number of para-hydroxylation sites is 1. The molecule has 1 N–H and O–H groups in total. The maximum Gasteiger partial charge on any atom is 0.252 e. The highest BCUT2D eigenvalue weighted by atomic mass is 32.1. The van der Waals surface area contributed by atoms with E-state index < -0.39 is 0 Å². The quantitative estimate of drug-likeness (QED) is 0.509. The second-order valence-corrected chi connectivity index (χ2v) is 8.91. The first-order chi connectivity index (χ1) is 15.1. The standard InChI is InChI=1S/C24H23N5OS/c1-15(23-28-26-14-29(23)2)13-25-24(30)21-18-7-3-4-8-20(18)27-22-16(9-10-19(21)22)12-17-6-5-11-31-17/h3-8,11-12,14-15H,9-10,13H2,1-2H3,(H,25,30)/b16-12-. The lowest BCUT2D eigenvalue weighted by Crippen LogP contribution is -2.29. The topological polar surface area (TPSA) is 72.7 Å². The zero-order chi connectivity index (χ0) is 21.4. The monoisotopic (exact) mass is 429 g/mol. The minimum atomic E-state index is -0.0544. The molecule has 1 unspecified atom stereocenters. The van der Waals surface area contributed by atoms with Gasteiger partial charge in [0, 0.05) is 29.8 Å². The van der Waals surface area contributed by atoms with Crippen LogP contribution < -0.4 is 5.32 Å². The van der Waals surface area contributed by atoms with Gasteiger partial charge in [0.2, 0.25) is 0 Å². The van der Waals surface area contributed by atoms with Crippen LogP contribution in [0.1, 0.15) is 51.6 Å². The fraction of sp³-hybridized carbons (Fsp3) is 0.250. The second kappa shape index (κ2) is 8.07. The van der Waals surface area contributed by atoms with Crippen LogP contribution in [-0.2, 0) is 13.5 Å². The number of nitrogens with zero attached hydrogens (tertiary/aromatic N) is 4.